The van der Waals surface area contributed by atoms with Crippen molar-refractivity contribution >= 4 is 17.6 Å². The molecule has 0 saturated carbocycles. The van der Waals surface area contributed by atoms with Crippen molar-refractivity contribution in [3.63, 3.8) is 0 Å². The van der Waals surface area contributed by atoms with Crippen molar-refractivity contribution in [2.75, 3.05) is 27.2 Å². The van der Waals surface area contributed by atoms with Crippen LogP contribution in [0.1, 0.15) is 11.6 Å². The average Bonchev–Trinajstić information content (AvgIpc) is 2.36. The number of benzene rings is 1. The van der Waals surface area contributed by atoms with Crippen LogP contribution >= 0.6 is 11.6 Å². The second-order valence-electron chi connectivity index (χ2n) is 4.80. The van der Waals surface area contributed by atoms with Gasteiger partial charge >= 0.3 is 5.97 Å². The molecule has 1 atom stereocenters. The molecule has 1 aromatic rings. The van der Waals surface area contributed by atoms with Crippen molar-refractivity contribution in [1.82, 2.24) is 4.90 Å². The van der Waals surface area contributed by atoms with Gasteiger partial charge in [-0.25, -0.2) is 0 Å². The number of aliphatic carboxylic acids is 1. The van der Waals surface area contributed by atoms with E-state index in [1.165, 1.54) is 13.2 Å². The Morgan fingerprint density at radius 3 is 2.70 bits per heavy atom. The molecule has 1 aromatic carbocycles. The summed E-state index contributed by atoms with van der Waals surface area (Å²) in [5.41, 5.74) is 6.01. The normalized spacial score (nSPS) is 17.4. The van der Waals surface area contributed by atoms with Crippen LogP contribution in [0.4, 0.5) is 0 Å². The number of hydrogen-bond donors (Lipinski definition) is 2. The molecule has 1 aliphatic rings. The van der Waals surface area contributed by atoms with Gasteiger partial charge in [-0.3, -0.25) is 9.69 Å². The number of likely N-dealkylation sites (tertiary alicyclic amines) is 1. The predicted molar refractivity (Wildman–Crippen MR) is 74.5 cm³/mol. The third-order valence-electron chi connectivity index (χ3n) is 3.18. The molecule has 0 bridgehead atoms. The molecule has 1 unspecified atom stereocenters. The number of carbonyl (C=O) groups is 1. The van der Waals surface area contributed by atoms with Gasteiger partial charge in [-0.2, -0.15) is 0 Å². The fraction of sp³-hybridized carbons (Fsp3) is 0.462. The van der Waals surface area contributed by atoms with Gasteiger partial charge in [0.2, 0.25) is 0 Å². The summed E-state index contributed by atoms with van der Waals surface area (Å²) in [4.78, 5) is 13.2. The number of ether oxygens (including phenoxy) is 2. The molecule has 3 N–H and O–H groups in total. The summed E-state index contributed by atoms with van der Waals surface area (Å²) < 4.78 is 11.1. The molecule has 0 aliphatic carbocycles. The largest absolute Gasteiger partial charge is 0.493 e. The molecule has 1 saturated heterocycles. The highest BCUT2D eigenvalue weighted by molar-refractivity contribution is 6.30. The topological polar surface area (TPSA) is 85.0 Å². The molecular weight excluding hydrogens is 284 g/mol. The van der Waals surface area contributed by atoms with E-state index in [2.05, 4.69) is 4.90 Å². The smallest absolute Gasteiger partial charge is 0.325 e. The molecule has 0 aromatic heterocycles. The summed E-state index contributed by atoms with van der Waals surface area (Å²) >= 11 is 5.96. The van der Waals surface area contributed by atoms with E-state index in [-0.39, 0.29) is 6.10 Å². The van der Waals surface area contributed by atoms with Crippen LogP contribution in [0.2, 0.25) is 5.02 Å². The van der Waals surface area contributed by atoms with E-state index in [9.17, 15) is 4.79 Å². The minimum absolute atomic E-state index is 0.00480. The lowest BCUT2D eigenvalue weighted by Gasteiger charge is -2.36. The lowest BCUT2D eigenvalue weighted by molar-refractivity contribution is -0.138. The average molecular weight is 301 g/mol. The Kier molecular flexibility index (Phi) is 4.37. The van der Waals surface area contributed by atoms with Gasteiger partial charge < -0.3 is 20.3 Å². The number of carboxylic acid groups (broad SMARTS) is 1. The molecule has 1 heterocycles. The molecule has 0 spiro atoms. The molecule has 1 fully saturated rings. The first-order valence-corrected chi connectivity index (χ1v) is 6.51. The second kappa shape index (κ2) is 5.87. The molecule has 7 heteroatoms. The van der Waals surface area contributed by atoms with Crippen molar-refractivity contribution in [3.8, 4) is 11.5 Å². The third-order valence-corrected chi connectivity index (χ3v) is 3.40. The molecule has 110 valence electrons. The minimum atomic E-state index is -1.21. The molecular formula is C13H17ClN2O4. The van der Waals surface area contributed by atoms with Crippen molar-refractivity contribution in [3.05, 3.63) is 22.7 Å². The summed E-state index contributed by atoms with van der Waals surface area (Å²) in [5.74, 6) is -0.409. The van der Waals surface area contributed by atoms with Crippen LogP contribution in [0.15, 0.2) is 12.1 Å². The van der Waals surface area contributed by atoms with Crippen LogP contribution in [0.3, 0.4) is 0 Å². The van der Waals surface area contributed by atoms with Crippen LogP contribution in [-0.2, 0) is 4.79 Å². The second-order valence-corrected chi connectivity index (χ2v) is 5.24. The Balaban J connectivity index is 2.36. The Labute approximate surface area is 122 Å². The van der Waals surface area contributed by atoms with Gasteiger partial charge in [0.05, 0.1) is 7.11 Å². The van der Waals surface area contributed by atoms with Crippen molar-refractivity contribution in [1.29, 1.82) is 0 Å². The van der Waals surface area contributed by atoms with E-state index in [0.717, 1.165) is 13.1 Å². The summed E-state index contributed by atoms with van der Waals surface area (Å²) in [6.45, 7) is 1.54. The first-order chi connectivity index (χ1) is 9.42. The molecule has 0 amide bonds. The van der Waals surface area contributed by atoms with Crippen LogP contribution in [0.25, 0.3) is 0 Å². The summed E-state index contributed by atoms with van der Waals surface area (Å²) in [5, 5.41) is 9.44. The number of rotatable bonds is 5. The molecule has 0 radical (unpaired) electrons. The fourth-order valence-corrected chi connectivity index (χ4v) is 2.33. The quantitative estimate of drug-likeness (QED) is 0.848. The third kappa shape index (κ3) is 2.98. The highest BCUT2D eigenvalue weighted by Gasteiger charge is 2.29. The summed E-state index contributed by atoms with van der Waals surface area (Å²) in [6.07, 6.45) is -0.00480. The molecule has 2 rings (SSSR count). The number of carboxylic acids is 1. The fourth-order valence-electron chi connectivity index (χ4n) is 2.11. The van der Waals surface area contributed by atoms with Crippen LogP contribution in [-0.4, -0.2) is 49.3 Å². The number of nitrogens with two attached hydrogens (primary N) is 1. The Morgan fingerprint density at radius 2 is 2.20 bits per heavy atom. The van der Waals surface area contributed by atoms with Gasteiger partial charge in [0.15, 0.2) is 11.5 Å². The van der Waals surface area contributed by atoms with Gasteiger partial charge in [-0.05, 0) is 13.1 Å². The monoisotopic (exact) mass is 300 g/mol. The zero-order valence-electron chi connectivity index (χ0n) is 11.3. The Morgan fingerprint density at radius 1 is 1.55 bits per heavy atom. The van der Waals surface area contributed by atoms with Crippen molar-refractivity contribution < 1.29 is 19.4 Å². The highest BCUT2D eigenvalue weighted by Crippen LogP contribution is 2.38. The van der Waals surface area contributed by atoms with Crippen LogP contribution < -0.4 is 15.2 Å². The van der Waals surface area contributed by atoms with Gasteiger partial charge in [0.25, 0.3) is 0 Å². The van der Waals surface area contributed by atoms with E-state index >= 15 is 0 Å². The predicted octanol–water partition coefficient (Wildman–Crippen LogP) is 1.13. The number of halogens is 1. The minimum Gasteiger partial charge on any atom is -0.493 e. The molecule has 6 nitrogen and oxygen atoms in total. The van der Waals surface area contributed by atoms with Crippen molar-refractivity contribution in [2.24, 2.45) is 5.73 Å². The van der Waals surface area contributed by atoms with Gasteiger partial charge in [0.1, 0.15) is 12.1 Å². The van der Waals surface area contributed by atoms with Gasteiger partial charge in [-0.15, -0.1) is 0 Å². The van der Waals surface area contributed by atoms with Crippen molar-refractivity contribution in [2.45, 2.75) is 12.1 Å². The zero-order valence-corrected chi connectivity index (χ0v) is 12.1. The number of hydrogen-bond acceptors (Lipinski definition) is 5. The van der Waals surface area contributed by atoms with Crippen LogP contribution in [0.5, 0.6) is 11.5 Å². The molecule has 1 aliphatic heterocycles. The first kappa shape index (κ1) is 14.9. The summed E-state index contributed by atoms with van der Waals surface area (Å²) in [7, 11) is 3.45. The maximum absolute atomic E-state index is 11.1. The van der Waals surface area contributed by atoms with E-state index in [4.69, 9.17) is 31.9 Å². The maximum Gasteiger partial charge on any atom is 0.325 e. The Hall–Kier alpha value is -1.50. The van der Waals surface area contributed by atoms with Gasteiger partial charge in [0, 0.05) is 29.7 Å². The molecule has 20 heavy (non-hydrogen) atoms. The van der Waals surface area contributed by atoms with E-state index < -0.39 is 12.0 Å². The SMILES string of the molecule is COc1cc(Cl)cc(C(N)C(=O)O)c1OC1CN(C)C1. The van der Waals surface area contributed by atoms with Crippen LogP contribution in [0, 0.1) is 0 Å². The van der Waals surface area contributed by atoms with Gasteiger partial charge in [-0.1, -0.05) is 11.6 Å². The zero-order chi connectivity index (χ0) is 14.9. The van der Waals surface area contributed by atoms with E-state index in [1.54, 1.807) is 6.07 Å². The number of nitrogens with zero attached hydrogens (tertiary/aromatic N) is 1. The maximum atomic E-state index is 11.1. The summed E-state index contributed by atoms with van der Waals surface area (Å²) in [6, 6.07) is 1.87. The standard InChI is InChI=1S/C13H17ClN2O4/c1-16-5-8(6-16)20-12-9(11(15)13(17)18)3-7(14)4-10(12)19-2/h3-4,8,11H,5-6,15H2,1-2H3,(H,17,18). The van der Waals surface area contributed by atoms with E-state index in [0.29, 0.717) is 22.1 Å². The number of methoxy groups -OCH3 is 1. The Bertz CT molecular complexity index is 517. The lowest BCUT2D eigenvalue weighted by atomic mass is 10.1. The highest BCUT2D eigenvalue weighted by atomic mass is 35.5. The number of likely N-dealkylation sites (N-methyl/N-ethyl adjacent to an activating group) is 1. The lowest BCUT2D eigenvalue weighted by Crippen LogP contribution is -2.51. The van der Waals surface area contributed by atoms with E-state index in [1.807, 2.05) is 7.05 Å². The first-order valence-electron chi connectivity index (χ1n) is 6.13.